The van der Waals surface area contributed by atoms with Gasteiger partial charge in [0.1, 0.15) is 0 Å². The molecule has 0 saturated heterocycles. The molecule has 2 rings (SSSR count). The van der Waals surface area contributed by atoms with Gasteiger partial charge >= 0.3 is 21.7 Å². The average Bonchev–Trinajstić information content (AvgIpc) is 2.79. The van der Waals surface area contributed by atoms with Crippen LogP contribution in [0.1, 0.15) is 39.5 Å². The van der Waals surface area contributed by atoms with E-state index in [4.69, 9.17) is 0 Å². The van der Waals surface area contributed by atoms with Crippen LogP contribution in [0.15, 0.2) is 47.6 Å². The third-order valence-electron chi connectivity index (χ3n) is 2.71. The van der Waals surface area contributed by atoms with Gasteiger partial charge in [-0.15, -0.1) is 0 Å². The van der Waals surface area contributed by atoms with Crippen molar-refractivity contribution >= 4 is 15.4 Å². The first-order valence-corrected chi connectivity index (χ1v) is 7.14. The van der Waals surface area contributed by atoms with Gasteiger partial charge in [0.15, 0.2) is 0 Å². The number of allylic oxidation sites excluding steroid dienone is 4. The SMILES string of the molecule is CCCC1=[C-]C(CC)=CC1.[Cl-].[Cl-].[Cl-].[SiH2]c1ccccc1.[Ti+4]. The Morgan fingerprint density at radius 1 is 1.05 bits per heavy atom. The van der Waals surface area contributed by atoms with E-state index in [9.17, 15) is 0 Å². The number of rotatable bonds is 3. The molecule has 1 aliphatic rings. The van der Waals surface area contributed by atoms with Crippen LogP contribution >= 0.6 is 0 Å². The molecule has 0 spiro atoms. The van der Waals surface area contributed by atoms with Crippen molar-refractivity contribution in [2.75, 3.05) is 0 Å². The Kier molecular flexibility index (Phi) is 26.1. The second kappa shape index (κ2) is 18.5. The quantitative estimate of drug-likeness (QED) is 0.353. The Morgan fingerprint density at radius 2 is 1.62 bits per heavy atom. The normalized spacial score (nSPS) is 11.0. The van der Waals surface area contributed by atoms with E-state index in [0.29, 0.717) is 0 Å². The fourth-order valence-electron chi connectivity index (χ4n) is 1.75. The monoisotopic (exact) mass is 395 g/mol. The molecule has 0 aliphatic heterocycles. The fourth-order valence-corrected chi connectivity index (χ4v) is 2.02. The van der Waals surface area contributed by atoms with E-state index in [1.807, 2.05) is 28.4 Å². The van der Waals surface area contributed by atoms with E-state index >= 15 is 0 Å². The van der Waals surface area contributed by atoms with Gasteiger partial charge in [-0.1, -0.05) is 75.0 Å². The van der Waals surface area contributed by atoms with Gasteiger partial charge in [0.2, 0.25) is 0 Å². The Bertz CT molecular complexity index is 392. The molecule has 21 heavy (non-hydrogen) atoms. The summed E-state index contributed by atoms with van der Waals surface area (Å²) in [5, 5.41) is 1.35. The summed E-state index contributed by atoms with van der Waals surface area (Å²) in [6, 6.07) is 10.3. The van der Waals surface area contributed by atoms with E-state index in [-0.39, 0.29) is 58.9 Å². The molecule has 0 bridgehead atoms. The maximum Gasteiger partial charge on any atom is 4.00 e. The molecule has 1 aliphatic carbocycles. The largest absolute Gasteiger partial charge is 4.00 e. The van der Waals surface area contributed by atoms with Crippen molar-refractivity contribution in [1.29, 1.82) is 0 Å². The predicted molar refractivity (Wildman–Crippen MR) is 79.3 cm³/mol. The number of halogens is 3. The molecule has 0 fully saturated rings. The molecule has 0 amide bonds. The van der Waals surface area contributed by atoms with E-state index in [0.717, 1.165) is 12.8 Å². The van der Waals surface area contributed by atoms with Crippen molar-refractivity contribution in [1.82, 2.24) is 0 Å². The third-order valence-corrected chi connectivity index (χ3v) is 3.18. The van der Waals surface area contributed by atoms with Crippen molar-refractivity contribution in [3.05, 3.63) is 53.6 Å². The number of benzene rings is 1. The van der Waals surface area contributed by atoms with E-state index in [1.54, 1.807) is 0 Å². The van der Waals surface area contributed by atoms with E-state index in [2.05, 4.69) is 38.1 Å². The zero-order valence-electron chi connectivity index (χ0n) is 12.6. The Labute approximate surface area is 166 Å². The molecule has 0 aromatic heterocycles. The molecule has 0 unspecified atom stereocenters. The van der Waals surface area contributed by atoms with Crippen LogP contribution in [0.5, 0.6) is 0 Å². The van der Waals surface area contributed by atoms with Crippen molar-refractivity contribution in [2.24, 2.45) is 0 Å². The maximum absolute atomic E-state index is 3.42. The van der Waals surface area contributed by atoms with Crippen LogP contribution in [0.2, 0.25) is 0 Å². The summed E-state index contributed by atoms with van der Waals surface area (Å²) in [5.41, 5.74) is 2.91. The van der Waals surface area contributed by atoms with Crippen LogP contribution in [-0.4, -0.2) is 10.2 Å². The molecule has 1 aromatic rings. The molecule has 5 heteroatoms. The second-order valence-electron chi connectivity index (χ2n) is 4.25. The molecule has 115 valence electrons. The zero-order chi connectivity index (χ0) is 12.5. The van der Waals surface area contributed by atoms with Gasteiger partial charge in [0.05, 0.1) is 0 Å². The van der Waals surface area contributed by atoms with Crippen LogP contribution in [0.4, 0.5) is 0 Å². The van der Waals surface area contributed by atoms with Gasteiger partial charge in [-0.3, -0.25) is 0 Å². The van der Waals surface area contributed by atoms with Gasteiger partial charge in [0.25, 0.3) is 0 Å². The van der Waals surface area contributed by atoms with Gasteiger partial charge in [0, 0.05) is 10.2 Å². The minimum absolute atomic E-state index is 0. The summed E-state index contributed by atoms with van der Waals surface area (Å²) in [4.78, 5) is 0. The first kappa shape index (κ1) is 29.5. The van der Waals surface area contributed by atoms with Crippen LogP contribution in [0, 0.1) is 6.08 Å². The van der Waals surface area contributed by atoms with Gasteiger partial charge < -0.3 is 37.2 Å². The minimum atomic E-state index is 0. The topological polar surface area (TPSA) is 0 Å². The first-order valence-electron chi connectivity index (χ1n) is 6.44. The Morgan fingerprint density at radius 3 is 1.95 bits per heavy atom. The van der Waals surface area contributed by atoms with Crippen LogP contribution in [-0.2, 0) is 21.7 Å². The third kappa shape index (κ3) is 13.9. The molecule has 0 nitrogen and oxygen atoms in total. The van der Waals surface area contributed by atoms with Crippen LogP contribution in [0.3, 0.4) is 0 Å². The molecule has 0 N–H and O–H groups in total. The summed E-state index contributed by atoms with van der Waals surface area (Å²) in [6.07, 6.45) is 10.5. The molecule has 1 radical (unpaired) electrons. The predicted octanol–water partition coefficient (Wildman–Crippen LogP) is -5.79. The summed E-state index contributed by atoms with van der Waals surface area (Å²) in [6.45, 7) is 4.41. The maximum atomic E-state index is 3.42. The molecule has 0 heterocycles. The van der Waals surface area contributed by atoms with Crippen molar-refractivity contribution < 1.29 is 58.9 Å². The van der Waals surface area contributed by atoms with Crippen molar-refractivity contribution in [3.8, 4) is 0 Å². The van der Waals surface area contributed by atoms with E-state index < -0.39 is 0 Å². The summed E-state index contributed by atoms with van der Waals surface area (Å²) < 4.78 is 0. The second-order valence-corrected chi connectivity index (χ2v) is 5.07. The first-order chi connectivity index (χ1) is 8.26. The zero-order valence-corrected chi connectivity index (χ0v) is 17.9. The molecule has 0 saturated carbocycles. The average molecular weight is 397 g/mol. The standard InChI is InChI=1S/C10H15.C6H7Si.3ClH.Ti/c1-3-5-10-7-6-9(4-2)8-10;7-6-4-2-1-3-5-6;;;;/h6H,3-5,7H2,1-2H3;1-5H,7H2;3*1H;/q-1;;;;;+4/p-3. The van der Waals surface area contributed by atoms with Crippen LogP contribution in [0.25, 0.3) is 0 Å². The van der Waals surface area contributed by atoms with Gasteiger partial charge in [-0.05, 0) is 0 Å². The minimum Gasteiger partial charge on any atom is -1.00 e. The number of hydrogen-bond donors (Lipinski definition) is 0. The molecule has 0 atom stereocenters. The summed E-state index contributed by atoms with van der Waals surface area (Å²) in [7, 11) is 1.90. The van der Waals surface area contributed by atoms with Crippen molar-refractivity contribution in [2.45, 2.75) is 39.5 Å². The summed E-state index contributed by atoms with van der Waals surface area (Å²) in [5.74, 6) is 0. The molecular formula is C16H22Cl3SiTi. The van der Waals surface area contributed by atoms with Gasteiger partial charge in [-0.2, -0.15) is 5.57 Å². The number of hydrogen-bond acceptors (Lipinski definition) is 0. The fraction of sp³-hybridized carbons (Fsp3) is 0.375. The molecular weight excluding hydrogens is 374 g/mol. The van der Waals surface area contributed by atoms with Gasteiger partial charge in [-0.25, -0.2) is 17.7 Å². The van der Waals surface area contributed by atoms with Crippen molar-refractivity contribution in [3.63, 3.8) is 0 Å². The Hall–Kier alpha value is 0.501. The smallest absolute Gasteiger partial charge is 1.00 e. The summed E-state index contributed by atoms with van der Waals surface area (Å²) >= 11 is 0. The molecule has 1 aromatic carbocycles. The Balaban J connectivity index is -0.000000120. The van der Waals surface area contributed by atoms with E-state index in [1.165, 1.54) is 29.2 Å². The van der Waals surface area contributed by atoms with Crippen LogP contribution < -0.4 is 42.4 Å².